The molecule has 1 aromatic rings. The lowest BCUT2D eigenvalue weighted by Gasteiger charge is -2.32. The number of carbonyl (C=O) groups excluding carboxylic acids is 2. The molecule has 1 saturated heterocycles. The fourth-order valence-corrected chi connectivity index (χ4v) is 3.17. The maximum Gasteiger partial charge on any atom is 0.317 e. The molecule has 1 aromatic carbocycles. The molecule has 154 valence electrons. The van der Waals surface area contributed by atoms with Crippen molar-refractivity contribution >= 4 is 17.9 Å². The van der Waals surface area contributed by atoms with Crippen molar-refractivity contribution in [2.24, 2.45) is 11.8 Å². The van der Waals surface area contributed by atoms with E-state index in [9.17, 15) is 23.9 Å². The molecule has 3 N–H and O–H groups in total. The Morgan fingerprint density at radius 2 is 1.86 bits per heavy atom. The minimum absolute atomic E-state index is 0.0875. The smallest absolute Gasteiger partial charge is 0.317 e. The SMILES string of the molecule is CC(C)CNC(=O)N1CCCC(C(=O)NCC(C(=O)O)c2ccc(F)cc2)C1. The van der Waals surface area contributed by atoms with E-state index in [0.717, 1.165) is 0 Å². The zero-order valence-corrected chi connectivity index (χ0v) is 16.3. The van der Waals surface area contributed by atoms with Crippen LogP contribution in [0.5, 0.6) is 0 Å². The number of nitrogens with zero attached hydrogens (tertiary/aromatic N) is 1. The quantitative estimate of drug-likeness (QED) is 0.661. The summed E-state index contributed by atoms with van der Waals surface area (Å²) in [6, 6.07) is 5.02. The van der Waals surface area contributed by atoms with Gasteiger partial charge in [0, 0.05) is 26.2 Å². The van der Waals surface area contributed by atoms with Gasteiger partial charge in [0.15, 0.2) is 0 Å². The van der Waals surface area contributed by atoms with Crippen LogP contribution in [0.3, 0.4) is 0 Å². The first-order valence-corrected chi connectivity index (χ1v) is 9.56. The van der Waals surface area contributed by atoms with Crippen LogP contribution < -0.4 is 10.6 Å². The summed E-state index contributed by atoms with van der Waals surface area (Å²) >= 11 is 0. The van der Waals surface area contributed by atoms with Gasteiger partial charge in [0.1, 0.15) is 5.82 Å². The highest BCUT2D eigenvalue weighted by molar-refractivity contribution is 5.82. The molecule has 0 aromatic heterocycles. The number of carboxylic acid groups (broad SMARTS) is 1. The molecule has 0 aliphatic carbocycles. The van der Waals surface area contributed by atoms with Gasteiger partial charge in [-0.3, -0.25) is 9.59 Å². The molecule has 0 saturated carbocycles. The Labute approximate surface area is 164 Å². The molecule has 1 aliphatic heterocycles. The Morgan fingerprint density at radius 3 is 2.46 bits per heavy atom. The van der Waals surface area contributed by atoms with Gasteiger partial charge in [-0.15, -0.1) is 0 Å². The molecule has 8 heteroatoms. The number of hydrogen-bond acceptors (Lipinski definition) is 3. The highest BCUT2D eigenvalue weighted by Gasteiger charge is 2.29. The molecule has 1 aliphatic rings. The van der Waals surface area contributed by atoms with Crippen LogP contribution in [0.4, 0.5) is 9.18 Å². The lowest BCUT2D eigenvalue weighted by molar-refractivity contribution is -0.138. The van der Waals surface area contributed by atoms with E-state index in [-0.39, 0.29) is 24.4 Å². The molecule has 2 atom stereocenters. The lowest BCUT2D eigenvalue weighted by Crippen LogP contribution is -2.49. The maximum atomic E-state index is 13.1. The summed E-state index contributed by atoms with van der Waals surface area (Å²) in [5, 5.41) is 15.0. The summed E-state index contributed by atoms with van der Waals surface area (Å²) in [5.41, 5.74) is 0.424. The van der Waals surface area contributed by atoms with E-state index < -0.39 is 17.7 Å². The molecule has 0 bridgehead atoms. The maximum absolute atomic E-state index is 13.1. The molecule has 2 unspecified atom stereocenters. The molecular weight excluding hydrogens is 365 g/mol. The number of likely N-dealkylation sites (tertiary alicyclic amines) is 1. The van der Waals surface area contributed by atoms with Crippen LogP contribution in [-0.2, 0) is 9.59 Å². The average Bonchev–Trinajstić information content (AvgIpc) is 2.67. The van der Waals surface area contributed by atoms with Crippen molar-refractivity contribution in [2.45, 2.75) is 32.6 Å². The summed E-state index contributed by atoms with van der Waals surface area (Å²) in [7, 11) is 0. The minimum atomic E-state index is -1.09. The Hall–Kier alpha value is -2.64. The van der Waals surface area contributed by atoms with Gasteiger partial charge < -0.3 is 20.6 Å². The summed E-state index contributed by atoms with van der Waals surface area (Å²) < 4.78 is 13.1. The van der Waals surface area contributed by atoms with Crippen molar-refractivity contribution in [1.82, 2.24) is 15.5 Å². The number of rotatable bonds is 7. The molecule has 7 nitrogen and oxygen atoms in total. The Kier molecular flexibility index (Phi) is 7.78. The van der Waals surface area contributed by atoms with Crippen molar-refractivity contribution in [1.29, 1.82) is 0 Å². The number of amides is 3. The zero-order chi connectivity index (χ0) is 20.7. The first-order chi connectivity index (χ1) is 13.3. The number of piperidine rings is 1. The van der Waals surface area contributed by atoms with E-state index in [4.69, 9.17) is 0 Å². The van der Waals surface area contributed by atoms with Gasteiger partial charge in [-0.25, -0.2) is 9.18 Å². The summed E-state index contributed by atoms with van der Waals surface area (Å²) in [6.45, 7) is 5.41. The van der Waals surface area contributed by atoms with E-state index in [2.05, 4.69) is 10.6 Å². The number of aliphatic carboxylic acids is 1. The van der Waals surface area contributed by atoms with Crippen LogP contribution in [0, 0.1) is 17.7 Å². The summed E-state index contributed by atoms with van der Waals surface area (Å²) in [4.78, 5) is 37.9. The highest BCUT2D eigenvalue weighted by atomic mass is 19.1. The number of carbonyl (C=O) groups is 3. The Morgan fingerprint density at radius 1 is 1.18 bits per heavy atom. The predicted molar refractivity (Wildman–Crippen MR) is 102 cm³/mol. The Balaban J connectivity index is 1.91. The predicted octanol–water partition coefficient (Wildman–Crippen LogP) is 2.19. The van der Waals surface area contributed by atoms with Crippen LogP contribution >= 0.6 is 0 Å². The van der Waals surface area contributed by atoms with E-state index >= 15 is 0 Å². The second-order valence-electron chi connectivity index (χ2n) is 7.55. The van der Waals surface area contributed by atoms with Gasteiger partial charge >= 0.3 is 12.0 Å². The number of hydrogen-bond donors (Lipinski definition) is 3. The first kappa shape index (κ1) is 21.7. The van der Waals surface area contributed by atoms with E-state index in [1.807, 2.05) is 13.8 Å². The van der Waals surface area contributed by atoms with Crippen LogP contribution in [-0.4, -0.2) is 54.1 Å². The molecule has 1 fully saturated rings. The second kappa shape index (κ2) is 10.1. The van der Waals surface area contributed by atoms with Crippen molar-refractivity contribution in [3.8, 4) is 0 Å². The van der Waals surface area contributed by atoms with Crippen molar-refractivity contribution < 1.29 is 23.9 Å². The van der Waals surface area contributed by atoms with Gasteiger partial charge in [0.2, 0.25) is 5.91 Å². The standard InChI is InChI=1S/C20H28FN3O4/c1-13(2)10-23-20(28)24-9-3-4-15(12-24)18(25)22-11-17(19(26)27)14-5-7-16(21)8-6-14/h5-8,13,15,17H,3-4,9-12H2,1-2H3,(H,22,25)(H,23,28)(H,26,27). The summed E-state index contributed by atoms with van der Waals surface area (Å²) in [5.74, 6) is -2.80. The van der Waals surface area contributed by atoms with Crippen LogP contribution in [0.2, 0.25) is 0 Å². The summed E-state index contributed by atoms with van der Waals surface area (Å²) in [6.07, 6.45) is 1.36. The van der Waals surface area contributed by atoms with Crippen LogP contribution in [0.15, 0.2) is 24.3 Å². The van der Waals surface area contributed by atoms with Crippen molar-refractivity contribution in [3.63, 3.8) is 0 Å². The third-order valence-corrected chi connectivity index (χ3v) is 4.79. The normalized spacial score (nSPS) is 17.9. The monoisotopic (exact) mass is 393 g/mol. The number of nitrogens with one attached hydrogen (secondary N) is 2. The fraction of sp³-hybridized carbons (Fsp3) is 0.550. The second-order valence-corrected chi connectivity index (χ2v) is 7.55. The minimum Gasteiger partial charge on any atom is -0.481 e. The molecule has 28 heavy (non-hydrogen) atoms. The molecule has 2 rings (SSSR count). The lowest BCUT2D eigenvalue weighted by atomic mass is 9.96. The third kappa shape index (κ3) is 6.21. The highest BCUT2D eigenvalue weighted by Crippen LogP contribution is 2.19. The van der Waals surface area contributed by atoms with E-state index in [0.29, 0.717) is 44.0 Å². The van der Waals surface area contributed by atoms with Gasteiger partial charge in [-0.1, -0.05) is 26.0 Å². The topological polar surface area (TPSA) is 98.7 Å². The van der Waals surface area contributed by atoms with Crippen molar-refractivity contribution in [2.75, 3.05) is 26.2 Å². The van der Waals surface area contributed by atoms with Gasteiger partial charge in [0.25, 0.3) is 0 Å². The fourth-order valence-electron chi connectivity index (χ4n) is 3.17. The molecule has 1 heterocycles. The molecule has 3 amide bonds. The molecule has 0 spiro atoms. The number of carboxylic acids is 1. The molecular formula is C20H28FN3O4. The van der Waals surface area contributed by atoms with Gasteiger partial charge in [0.05, 0.1) is 11.8 Å². The van der Waals surface area contributed by atoms with Crippen LogP contribution in [0.1, 0.15) is 38.2 Å². The molecule has 0 radical (unpaired) electrons. The van der Waals surface area contributed by atoms with Gasteiger partial charge in [-0.05, 0) is 36.5 Å². The largest absolute Gasteiger partial charge is 0.481 e. The van der Waals surface area contributed by atoms with E-state index in [1.165, 1.54) is 24.3 Å². The first-order valence-electron chi connectivity index (χ1n) is 9.56. The zero-order valence-electron chi connectivity index (χ0n) is 16.3. The van der Waals surface area contributed by atoms with Crippen molar-refractivity contribution in [3.05, 3.63) is 35.6 Å². The van der Waals surface area contributed by atoms with E-state index in [1.54, 1.807) is 4.90 Å². The third-order valence-electron chi connectivity index (χ3n) is 4.79. The van der Waals surface area contributed by atoms with Gasteiger partial charge in [-0.2, -0.15) is 0 Å². The average molecular weight is 393 g/mol. The number of benzene rings is 1. The number of urea groups is 1. The van der Waals surface area contributed by atoms with Crippen LogP contribution in [0.25, 0.3) is 0 Å². The number of halogens is 1. The Bertz CT molecular complexity index is 693.